The summed E-state index contributed by atoms with van der Waals surface area (Å²) in [5.41, 5.74) is 3.55. The van der Waals surface area contributed by atoms with Crippen LogP contribution in [-0.4, -0.2) is 72.2 Å². The second-order valence-corrected chi connectivity index (χ2v) is 11.7. The number of benzene rings is 3. The standard InChI is InChI=1S/C29H31NO8S/c1-12-9-16-20(23(32)19-13(2)21-15(5-6-30-21)10-17(19)22(16)31)24-18(12)25-26-29(36-24,34-7-8-39)27(11-35-27)28(37-25,38-26)14(3)33-4/h9-10,14,25-26,30-32,39H,5-8,11H2,1-4H3/t14?,25-,26?,27?,28?,29?/m1/s1. The number of epoxide rings is 1. The van der Waals surface area contributed by atoms with Gasteiger partial charge in [-0.15, -0.1) is 0 Å². The summed E-state index contributed by atoms with van der Waals surface area (Å²) in [5.74, 6) is -1.57. The fourth-order valence-electron chi connectivity index (χ4n) is 7.64. The van der Waals surface area contributed by atoms with Crippen molar-refractivity contribution >= 4 is 39.9 Å². The molecule has 10 heteroatoms. The normalized spacial score (nSPS) is 33.9. The van der Waals surface area contributed by atoms with Gasteiger partial charge >= 0.3 is 0 Å². The first-order chi connectivity index (χ1) is 18.7. The van der Waals surface area contributed by atoms with Crippen LogP contribution in [0.2, 0.25) is 0 Å². The van der Waals surface area contributed by atoms with Gasteiger partial charge in [-0.05, 0) is 56.0 Å². The lowest BCUT2D eigenvalue weighted by Gasteiger charge is -2.49. The van der Waals surface area contributed by atoms with Crippen molar-refractivity contribution in [2.24, 2.45) is 0 Å². The highest BCUT2D eigenvalue weighted by Crippen LogP contribution is 2.72. The molecule has 39 heavy (non-hydrogen) atoms. The predicted octanol–water partition coefficient (Wildman–Crippen LogP) is 3.99. The number of rotatable bonds is 5. The van der Waals surface area contributed by atoms with Crippen molar-refractivity contribution in [1.29, 1.82) is 0 Å². The molecule has 3 aromatic rings. The number of hydrogen-bond donors (Lipinski definition) is 4. The van der Waals surface area contributed by atoms with Gasteiger partial charge in [0.05, 0.1) is 18.6 Å². The van der Waals surface area contributed by atoms with E-state index in [1.807, 2.05) is 32.9 Å². The highest BCUT2D eigenvalue weighted by molar-refractivity contribution is 7.80. The Hall–Kier alpha value is -2.47. The summed E-state index contributed by atoms with van der Waals surface area (Å²) in [6, 6.07) is 3.86. The predicted molar refractivity (Wildman–Crippen MR) is 146 cm³/mol. The zero-order valence-corrected chi connectivity index (χ0v) is 23.1. The molecular formula is C29H31NO8S. The minimum absolute atomic E-state index is 0.0476. The number of thiol groups is 1. The zero-order chi connectivity index (χ0) is 27.1. The summed E-state index contributed by atoms with van der Waals surface area (Å²) in [4.78, 5) is 0. The molecule has 5 aliphatic heterocycles. The van der Waals surface area contributed by atoms with Gasteiger partial charge in [0, 0.05) is 46.8 Å². The fraction of sp³-hybridized carbons (Fsp3) is 0.517. The molecule has 9 nitrogen and oxygen atoms in total. The van der Waals surface area contributed by atoms with Gasteiger partial charge in [0.15, 0.2) is 6.10 Å². The summed E-state index contributed by atoms with van der Waals surface area (Å²) >= 11 is 4.38. The summed E-state index contributed by atoms with van der Waals surface area (Å²) in [6.07, 6.45) is -0.804. The first-order valence-corrected chi connectivity index (χ1v) is 14.1. The molecule has 0 aliphatic carbocycles. The maximum Gasteiger partial charge on any atom is 0.277 e. The molecule has 3 N–H and O–H groups in total. The topological polar surface area (TPSA) is 111 Å². The third-order valence-electron chi connectivity index (χ3n) is 9.51. The Morgan fingerprint density at radius 1 is 1.15 bits per heavy atom. The lowest BCUT2D eigenvalue weighted by Crippen LogP contribution is -2.70. The second kappa shape index (κ2) is 7.63. The van der Waals surface area contributed by atoms with Crippen LogP contribution < -0.4 is 10.1 Å². The van der Waals surface area contributed by atoms with E-state index >= 15 is 0 Å². The molecule has 0 saturated carbocycles. The number of fused-ring (bicyclic) bond motifs is 9. The van der Waals surface area contributed by atoms with Gasteiger partial charge in [-0.25, -0.2) is 0 Å². The van der Waals surface area contributed by atoms with Crippen LogP contribution in [0, 0.1) is 13.8 Å². The molecule has 5 aliphatic rings. The van der Waals surface area contributed by atoms with Gasteiger partial charge in [0.25, 0.3) is 5.79 Å². The van der Waals surface area contributed by atoms with Crippen LogP contribution in [0.5, 0.6) is 17.2 Å². The number of aryl methyl sites for hydroxylation is 2. The van der Waals surface area contributed by atoms with E-state index in [0.717, 1.165) is 40.9 Å². The summed E-state index contributed by atoms with van der Waals surface area (Å²) in [7, 11) is 1.61. The van der Waals surface area contributed by atoms with Crippen molar-refractivity contribution in [3.8, 4) is 17.2 Å². The van der Waals surface area contributed by atoms with E-state index in [1.54, 1.807) is 7.11 Å². The monoisotopic (exact) mass is 553 g/mol. The van der Waals surface area contributed by atoms with Gasteiger partial charge in [0.1, 0.15) is 29.5 Å². The van der Waals surface area contributed by atoms with Crippen LogP contribution in [0.15, 0.2) is 12.1 Å². The Kier molecular flexibility index (Phi) is 4.76. The molecule has 3 saturated heterocycles. The number of phenolic OH excluding ortho intramolecular Hbond substituents is 2. The summed E-state index contributed by atoms with van der Waals surface area (Å²) in [6.45, 7) is 7.21. The van der Waals surface area contributed by atoms with Crippen LogP contribution >= 0.6 is 12.6 Å². The first-order valence-electron chi connectivity index (χ1n) is 13.4. The van der Waals surface area contributed by atoms with Crippen molar-refractivity contribution < 1.29 is 38.6 Å². The molecule has 3 fully saturated rings. The maximum atomic E-state index is 11.9. The number of anilines is 1. The molecule has 5 heterocycles. The quantitative estimate of drug-likeness (QED) is 0.161. The Morgan fingerprint density at radius 2 is 1.92 bits per heavy atom. The SMILES string of the molecule is COC(C)C12OC3[C@H](O1)c1c(C)cc4c(O)c5cc6c(c(C)c5c(O)c4c1OC3(OCCS)C21CO1)NCC6. The highest BCUT2D eigenvalue weighted by Gasteiger charge is 2.92. The van der Waals surface area contributed by atoms with E-state index in [0.29, 0.717) is 39.7 Å². The van der Waals surface area contributed by atoms with Crippen molar-refractivity contribution in [2.45, 2.75) is 62.7 Å². The van der Waals surface area contributed by atoms with E-state index in [9.17, 15) is 10.2 Å². The smallest absolute Gasteiger partial charge is 0.277 e. The van der Waals surface area contributed by atoms with E-state index in [2.05, 4.69) is 17.9 Å². The van der Waals surface area contributed by atoms with Crippen molar-refractivity contribution in [2.75, 3.05) is 37.9 Å². The molecule has 0 aromatic heterocycles. The minimum atomic E-state index is -1.36. The molecular weight excluding hydrogens is 522 g/mol. The van der Waals surface area contributed by atoms with Gasteiger partial charge in [-0.3, -0.25) is 0 Å². The molecule has 8 rings (SSSR count). The Morgan fingerprint density at radius 3 is 2.64 bits per heavy atom. The van der Waals surface area contributed by atoms with Crippen LogP contribution in [-0.2, 0) is 30.1 Å². The summed E-state index contributed by atoms with van der Waals surface area (Å²) < 4.78 is 38.6. The van der Waals surface area contributed by atoms with E-state index in [4.69, 9.17) is 28.4 Å². The molecule has 6 atom stereocenters. The fourth-order valence-corrected chi connectivity index (χ4v) is 7.74. The van der Waals surface area contributed by atoms with Gasteiger partial charge in [-0.1, -0.05) is 0 Å². The lowest BCUT2D eigenvalue weighted by molar-refractivity contribution is -0.313. The van der Waals surface area contributed by atoms with Crippen molar-refractivity contribution in [1.82, 2.24) is 0 Å². The first kappa shape index (κ1) is 24.3. The Labute approximate surface area is 230 Å². The molecule has 0 amide bonds. The van der Waals surface area contributed by atoms with Crippen LogP contribution in [0.25, 0.3) is 21.5 Å². The summed E-state index contributed by atoms with van der Waals surface area (Å²) in [5, 5.41) is 29.1. The van der Waals surface area contributed by atoms with Gasteiger partial charge in [0.2, 0.25) is 11.4 Å². The van der Waals surface area contributed by atoms with Gasteiger partial charge in [-0.2, -0.15) is 12.6 Å². The minimum Gasteiger partial charge on any atom is -0.507 e. The Bertz CT molecular complexity index is 1600. The average molecular weight is 554 g/mol. The van der Waals surface area contributed by atoms with Gasteiger partial charge < -0.3 is 44.0 Å². The third kappa shape index (κ3) is 2.58. The number of ether oxygens (including phenoxy) is 6. The zero-order valence-electron chi connectivity index (χ0n) is 22.2. The van der Waals surface area contributed by atoms with Crippen molar-refractivity contribution in [3.63, 3.8) is 0 Å². The van der Waals surface area contributed by atoms with Crippen LogP contribution in [0.3, 0.4) is 0 Å². The van der Waals surface area contributed by atoms with E-state index in [-0.39, 0.29) is 18.1 Å². The highest BCUT2D eigenvalue weighted by atomic mass is 32.1. The molecule has 206 valence electrons. The number of nitrogens with one attached hydrogen (secondary N) is 1. The van der Waals surface area contributed by atoms with Crippen LogP contribution in [0.4, 0.5) is 5.69 Å². The van der Waals surface area contributed by atoms with E-state index in [1.165, 1.54) is 0 Å². The van der Waals surface area contributed by atoms with Crippen LogP contribution in [0.1, 0.15) is 35.3 Å². The van der Waals surface area contributed by atoms with E-state index < -0.39 is 35.5 Å². The molecule has 5 unspecified atom stereocenters. The number of hydrogen-bond acceptors (Lipinski definition) is 10. The number of aromatic hydroxyl groups is 2. The number of phenols is 2. The number of methoxy groups -OCH3 is 1. The lowest BCUT2D eigenvalue weighted by atomic mass is 9.78. The average Bonchev–Trinajstić information content (AvgIpc) is 3.33. The second-order valence-electron chi connectivity index (χ2n) is 11.3. The maximum absolute atomic E-state index is 11.9. The van der Waals surface area contributed by atoms with Crippen molar-refractivity contribution in [3.05, 3.63) is 34.4 Å². The molecule has 2 bridgehead atoms. The molecule has 0 radical (unpaired) electrons. The molecule has 3 aromatic carbocycles. The largest absolute Gasteiger partial charge is 0.507 e. The third-order valence-corrected chi connectivity index (χ3v) is 9.70. The molecule has 1 spiro atoms. The Balaban J connectivity index is 1.44.